The molecule has 0 saturated carbocycles. The van der Waals surface area contributed by atoms with E-state index in [-0.39, 0.29) is 17.1 Å². The Morgan fingerprint density at radius 2 is 1.88 bits per heavy atom. The molecule has 0 unspecified atom stereocenters. The zero-order chi connectivity index (χ0) is 17.9. The summed E-state index contributed by atoms with van der Waals surface area (Å²) in [5.41, 5.74) is 0.259. The Hall–Kier alpha value is -2.93. The number of hydrogen-bond acceptors (Lipinski definition) is 5. The lowest BCUT2D eigenvalue weighted by Gasteiger charge is -2.34. The van der Waals surface area contributed by atoms with E-state index in [4.69, 9.17) is 4.42 Å². The van der Waals surface area contributed by atoms with Crippen LogP contribution in [0.3, 0.4) is 0 Å². The molecule has 4 rings (SSSR count). The van der Waals surface area contributed by atoms with Gasteiger partial charge < -0.3 is 9.32 Å². The first-order valence-corrected chi connectivity index (χ1v) is 8.73. The lowest BCUT2D eigenvalue weighted by Crippen LogP contribution is -2.49. The van der Waals surface area contributed by atoms with Crippen molar-refractivity contribution < 1.29 is 9.21 Å². The number of piperazine rings is 1. The van der Waals surface area contributed by atoms with E-state index in [9.17, 15) is 9.59 Å². The van der Waals surface area contributed by atoms with Gasteiger partial charge in [-0.05, 0) is 18.2 Å². The quantitative estimate of drug-likeness (QED) is 0.711. The maximum atomic E-state index is 12.7. The normalized spacial score (nSPS) is 15.5. The highest BCUT2D eigenvalue weighted by Crippen LogP contribution is 2.14. The number of nitrogens with zero attached hydrogens (tertiary/aromatic N) is 4. The van der Waals surface area contributed by atoms with E-state index in [1.807, 2.05) is 16.9 Å². The second kappa shape index (κ2) is 7.13. The number of rotatable bonds is 4. The van der Waals surface area contributed by atoms with Gasteiger partial charge in [0, 0.05) is 51.2 Å². The zero-order valence-corrected chi connectivity index (χ0v) is 14.4. The number of benzene rings is 1. The van der Waals surface area contributed by atoms with E-state index in [0.717, 1.165) is 26.2 Å². The van der Waals surface area contributed by atoms with Crippen LogP contribution in [-0.4, -0.2) is 58.2 Å². The molecule has 0 spiro atoms. The lowest BCUT2D eigenvalue weighted by atomic mass is 10.2. The molecule has 7 heteroatoms. The first kappa shape index (κ1) is 16.5. The molecule has 134 valence electrons. The highest BCUT2D eigenvalue weighted by molar-refractivity contribution is 5.93. The Balaban J connectivity index is 1.40. The molecule has 1 saturated heterocycles. The molecule has 0 bridgehead atoms. The van der Waals surface area contributed by atoms with Gasteiger partial charge in [-0.2, -0.15) is 5.10 Å². The van der Waals surface area contributed by atoms with Crippen molar-refractivity contribution in [2.24, 2.45) is 0 Å². The molecule has 1 amide bonds. The number of para-hydroxylation sites is 1. The molecular formula is C19H20N4O3. The minimum absolute atomic E-state index is 0.110. The van der Waals surface area contributed by atoms with Crippen molar-refractivity contribution in [2.75, 3.05) is 32.7 Å². The van der Waals surface area contributed by atoms with Crippen molar-refractivity contribution in [3.05, 3.63) is 64.8 Å². The molecule has 0 aliphatic carbocycles. The average Bonchev–Trinajstić information content (AvgIpc) is 3.20. The van der Waals surface area contributed by atoms with Gasteiger partial charge in [0.05, 0.1) is 11.9 Å². The largest absolute Gasteiger partial charge is 0.451 e. The molecule has 0 N–H and O–H groups in total. The van der Waals surface area contributed by atoms with Crippen LogP contribution in [0.15, 0.2) is 58.0 Å². The Morgan fingerprint density at radius 3 is 2.65 bits per heavy atom. The van der Waals surface area contributed by atoms with E-state index in [2.05, 4.69) is 10.00 Å². The second-order valence-corrected chi connectivity index (χ2v) is 6.37. The Morgan fingerprint density at radius 1 is 1.08 bits per heavy atom. The Bertz CT molecular complexity index is 956. The van der Waals surface area contributed by atoms with Gasteiger partial charge >= 0.3 is 0 Å². The minimum Gasteiger partial charge on any atom is -0.451 e. The molecular weight excluding hydrogens is 332 g/mol. The van der Waals surface area contributed by atoms with Crippen LogP contribution >= 0.6 is 0 Å². The summed E-state index contributed by atoms with van der Waals surface area (Å²) in [4.78, 5) is 29.0. The molecule has 2 aromatic heterocycles. The summed E-state index contributed by atoms with van der Waals surface area (Å²) in [5, 5.41) is 4.69. The maximum Gasteiger partial charge on any atom is 0.289 e. The van der Waals surface area contributed by atoms with Crippen molar-refractivity contribution in [2.45, 2.75) is 6.54 Å². The number of carbonyl (C=O) groups excluding carboxylic acids is 1. The summed E-state index contributed by atoms with van der Waals surface area (Å²) >= 11 is 0. The smallest absolute Gasteiger partial charge is 0.289 e. The monoisotopic (exact) mass is 352 g/mol. The van der Waals surface area contributed by atoms with Gasteiger partial charge in [0.1, 0.15) is 5.58 Å². The molecule has 3 heterocycles. The standard InChI is InChI=1S/C19H20N4O3/c24-16-14-18(26-17-5-2-1-4-15(16)17)19(25)22-11-8-21(9-12-22)10-13-23-7-3-6-20-23/h1-7,14H,8-13H2. The van der Waals surface area contributed by atoms with Crippen LogP contribution in [0.1, 0.15) is 10.6 Å². The number of aromatic nitrogens is 2. The SMILES string of the molecule is O=C(c1cc(=O)c2ccccc2o1)N1CCN(CCn2cccn2)CC1. The highest BCUT2D eigenvalue weighted by atomic mass is 16.3. The predicted molar refractivity (Wildman–Crippen MR) is 97.1 cm³/mol. The third-order valence-corrected chi connectivity index (χ3v) is 4.71. The molecule has 1 aromatic carbocycles. The molecule has 7 nitrogen and oxygen atoms in total. The molecule has 26 heavy (non-hydrogen) atoms. The van der Waals surface area contributed by atoms with Gasteiger partial charge in [0.15, 0.2) is 11.2 Å². The first-order valence-electron chi connectivity index (χ1n) is 8.73. The fraction of sp³-hybridized carbons (Fsp3) is 0.316. The van der Waals surface area contributed by atoms with Crippen molar-refractivity contribution in [1.29, 1.82) is 0 Å². The summed E-state index contributed by atoms with van der Waals surface area (Å²) in [5.74, 6) is -0.113. The van der Waals surface area contributed by atoms with Crippen LogP contribution in [0, 0.1) is 0 Å². The minimum atomic E-state index is -0.223. The van der Waals surface area contributed by atoms with Crippen molar-refractivity contribution in [3.8, 4) is 0 Å². The van der Waals surface area contributed by atoms with Gasteiger partial charge in [0.2, 0.25) is 0 Å². The zero-order valence-electron chi connectivity index (χ0n) is 14.4. The Kier molecular flexibility index (Phi) is 4.53. The molecule has 0 radical (unpaired) electrons. The van der Waals surface area contributed by atoms with Crippen LogP contribution in [0.2, 0.25) is 0 Å². The van der Waals surface area contributed by atoms with E-state index < -0.39 is 0 Å². The molecule has 0 atom stereocenters. The van der Waals surface area contributed by atoms with E-state index in [1.165, 1.54) is 6.07 Å². The average molecular weight is 352 g/mol. The molecule has 1 aliphatic heterocycles. The van der Waals surface area contributed by atoms with Gasteiger partial charge in [0.25, 0.3) is 5.91 Å². The molecule has 1 fully saturated rings. The van der Waals surface area contributed by atoms with Gasteiger partial charge in [-0.15, -0.1) is 0 Å². The fourth-order valence-corrected chi connectivity index (χ4v) is 3.22. The van der Waals surface area contributed by atoms with Gasteiger partial charge in [-0.25, -0.2) is 0 Å². The van der Waals surface area contributed by atoms with Crippen molar-refractivity contribution >= 4 is 16.9 Å². The highest BCUT2D eigenvalue weighted by Gasteiger charge is 2.24. The third-order valence-electron chi connectivity index (χ3n) is 4.71. The topological polar surface area (TPSA) is 71.6 Å². The van der Waals surface area contributed by atoms with E-state index in [0.29, 0.717) is 24.1 Å². The second-order valence-electron chi connectivity index (χ2n) is 6.37. The molecule has 1 aliphatic rings. The van der Waals surface area contributed by atoms with Crippen molar-refractivity contribution in [1.82, 2.24) is 19.6 Å². The van der Waals surface area contributed by atoms with Crippen LogP contribution in [0.5, 0.6) is 0 Å². The molecule has 3 aromatic rings. The summed E-state index contributed by atoms with van der Waals surface area (Å²) < 4.78 is 7.57. The Labute approximate surface area is 150 Å². The van der Waals surface area contributed by atoms with Crippen LogP contribution in [0.4, 0.5) is 0 Å². The number of fused-ring (bicyclic) bond motifs is 1. The van der Waals surface area contributed by atoms with Crippen LogP contribution in [-0.2, 0) is 6.54 Å². The summed E-state index contributed by atoms with van der Waals surface area (Å²) in [6, 6.07) is 10.2. The van der Waals surface area contributed by atoms with Crippen molar-refractivity contribution in [3.63, 3.8) is 0 Å². The van der Waals surface area contributed by atoms with Gasteiger partial charge in [-0.3, -0.25) is 19.2 Å². The van der Waals surface area contributed by atoms with Gasteiger partial charge in [-0.1, -0.05) is 12.1 Å². The maximum absolute atomic E-state index is 12.7. The number of hydrogen-bond donors (Lipinski definition) is 0. The first-order chi connectivity index (χ1) is 12.7. The fourth-order valence-electron chi connectivity index (χ4n) is 3.22. The summed E-state index contributed by atoms with van der Waals surface area (Å²) in [7, 11) is 0. The number of carbonyl (C=O) groups is 1. The van der Waals surface area contributed by atoms with Crippen LogP contribution in [0.25, 0.3) is 11.0 Å². The predicted octanol–water partition coefficient (Wildman–Crippen LogP) is 1.45. The van der Waals surface area contributed by atoms with Crippen LogP contribution < -0.4 is 5.43 Å². The summed E-state index contributed by atoms with van der Waals surface area (Å²) in [6.07, 6.45) is 3.72. The van der Waals surface area contributed by atoms with E-state index >= 15 is 0 Å². The lowest BCUT2D eigenvalue weighted by molar-refractivity contribution is 0.0602. The number of amides is 1. The van der Waals surface area contributed by atoms with E-state index in [1.54, 1.807) is 35.4 Å². The summed E-state index contributed by atoms with van der Waals surface area (Å²) in [6.45, 7) is 4.56. The third kappa shape index (κ3) is 3.39.